The maximum absolute atomic E-state index is 12.9. The molecule has 0 aliphatic carbocycles. The Hall–Kier alpha value is -2.70. The number of hydrogen-bond donors (Lipinski definition) is 2. The molecule has 2 aromatic carbocycles. The molecule has 7 heteroatoms. The normalized spacial score (nSPS) is 12.1. The number of benzene rings is 2. The number of rotatable bonds is 4. The molecule has 0 radical (unpaired) electrons. The van der Waals surface area contributed by atoms with Crippen LogP contribution in [0.1, 0.15) is 50.8 Å². The smallest absolute Gasteiger partial charge is 0.251 e. The molecule has 0 aliphatic rings. The number of nitrogens with zero attached hydrogens (tertiary/aromatic N) is 3. The van der Waals surface area contributed by atoms with Crippen molar-refractivity contribution in [3.8, 4) is 16.8 Å². The minimum atomic E-state index is -1.19. The summed E-state index contributed by atoms with van der Waals surface area (Å²) in [6.45, 7) is 9.08. The fourth-order valence-electron chi connectivity index (χ4n) is 2.94. The van der Waals surface area contributed by atoms with Crippen LogP contribution in [0, 0.1) is 0 Å². The van der Waals surface area contributed by atoms with Crippen LogP contribution in [0.15, 0.2) is 48.8 Å². The minimum absolute atomic E-state index is 0.188. The van der Waals surface area contributed by atoms with Gasteiger partial charge in [0.25, 0.3) is 5.91 Å². The fraction of sp³-hybridized carbons (Fsp3) is 0.318. The van der Waals surface area contributed by atoms with Gasteiger partial charge in [-0.3, -0.25) is 9.36 Å². The summed E-state index contributed by atoms with van der Waals surface area (Å²) in [5, 5.41) is 22.1. The first-order chi connectivity index (χ1) is 13.4. The quantitative estimate of drug-likeness (QED) is 0.667. The van der Waals surface area contributed by atoms with E-state index in [1.807, 2.05) is 45.0 Å². The van der Waals surface area contributed by atoms with Gasteiger partial charge in [-0.1, -0.05) is 23.7 Å². The van der Waals surface area contributed by atoms with Gasteiger partial charge in [-0.2, -0.15) is 0 Å². The fourth-order valence-corrected chi connectivity index (χ4v) is 3.07. The van der Waals surface area contributed by atoms with Gasteiger partial charge in [-0.05, 0) is 76.1 Å². The Balaban J connectivity index is 2.17. The number of hydrogen-bond acceptors (Lipinski definition) is 4. The van der Waals surface area contributed by atoms with Gasteiger partial charge in [0.05, 0.1) is 0 Å². The van der Waals surface area contributed by atoms with E-state index >= 15 is 0 Å². The number of carbonyl (C=O) groups excluding carboxylic acids is 1. The van der Waals surface area contributed by atoms with Gasteiger partial charge in [0, 0.05) is 21.8 Å². The Bertz CT molecular complexity index is 1030. The Morgan fingerprint density at radius 1 is 1.03 bits per heavy atom. The van der Waals surface area contributed by atoms with Gasteiger partial charge >= 0.3 is 0 Å². The van der Waals surface area contributed by atoms with E-state index in [0.29, 0.717) is 22.1 Å². The maximum Gasteiger partial charge on any atom is 0.251 e. The SMILES string of the molecule is CC(C)(C)NC(=O)c1cc(-c2ccc(Cl)cc2)cc(-n2cnnc2C(C)(C)O)c1. The van der Waals surface area contributed by atoms with Gasteiger partial charge in [0.2, 0.25) is 0 Å². The van der Waals surface area contributed by atoms with Gasteiger partial charge in [0.15, 0.2) is 5.82 Å². The van der Waals surface area contributed by atoms with Crippen molar-refractivity contribution in [3.63, 3.8) is 0 Å². The molecule has 1 aromatic heterocycles. The zero-order valence-electron chi connectivity index (χ0n) is 17.2. The third-order valence-electron chi connectivity index (χ3n) is 4.22. The van der Waals surface area contributed by atoms with Gasteiger partial charge in [0.1, 0.15) is 11.9 Å². The van der Waals surface area contributed by atoms with E-state index in [1.54, 1.807) is 36.6 Å². The summed E-state index contributed by atoms with van der Waals surface area (Å²) in [4.78, 5) is 12.9. The number of halogens is 1. The second-order valence-electron chi connectivity index (χ2n) is 8.56. The standard InChI is InChI=1S/C22H25ClN4O2/c1-21(2,3)25-19(28)16-10-15(14-6-8-17(23)9-7-14)11-18(12-16)27-13-24-26-20(27)22(4,5)29/h6-13,29H,1-5H3,(H,25,28). The Morgan fingerprint density at radius 2 is 1.69 bits per heavy atom. The van der Waals surface area contributed by atoms with Gasteiger partial charge in [-0.25, -0.2) is 0 Å². The van der Waals surface area contributed by atoms with Crippen molar-refractivity contribution < 1.29 is 9.90 Å². The van der Waals surface area contributed by atoms with Crippen molar-refractivity contribution in [2.24, 2.45) is 0 Å². The molecule has 29 heavy (non-hydrogen) atoms. The third kappa shape index (κ3) is 5.02. The van der Waals surface area contributed by atoms with E-state index in [-0.39, 0.29) is 11.4 Å². The summed E-state index contributed by atoms with van der Waals surface area (Å²) in [7, 11) is 0. The molecular weight excluding hydrogens is 388 g/mol. The van der Waals surface area contributed by atoms with E-state index in [1.165, 1.54) is 6.33 Å². The summed E-state index contributed by atoms with van der Waals surface area (Å²) in [5.41, 5.74) is 1.37. The maximum atomic E-state index is 12.9. The number of carbonyl (C=O) groups is 1. The minimum Gasteiger partial charge on any atom is -0.382 e. The summed E-state index contributed by atoms with van der Waals surface area (Å²) in [6, 6.07) is 12.9. The number of aliphatic hydroxyl groups is 1. The Labute approximate surface area is 175 Å². The molecule has 0 saturated carbocycles. The molecule has 0 bridgehead atoms. The van der Waals surface area contributed by atoms with Crippen LogP contribution in [0.3, 0.4) is 0 Å². The second-order valence-corrected chi connectivity index (χ2v) is 9.00. The van der Waals surface area contributed by atoms with Crippen LogP contribution in [-0.4, -0.2) is 31.3 Å². The third-order valence-corrected chi connectivity index (χ3v) is 4.47. The summed E-state index contributed by atoms with van der Waals surface area (Å²) >= 11 is 6.02. The molecule has 0 fully saturated rings. The van der Waals surface area contributed by atoms with Crippen molar-refractivity contribution in [2.45, 2.75) is 45.8 Å². The highest BCUT2D eigenvalue weighted by molar-refractivity contribution is 6.30. The highest BCUT2D eigenvalue weighted by atomic mass is 35.5. The number of nitrogens with one attached hydrogen (secondary N) is 1. The summed E-state index contributed by atoms with van der Waals surface area (Å²) in [6.07, 6.45) is 1.53. The van der Waals surface area contributed by atoms with Crippen LogP contribution in [0.25, 0.3) is 16.8 Å². The molecule has 1 amide bonds. The van der Waals surface area contributed by atoms with Crippen LogP contribution >= 0.6 is 11.6 Å². The lowest BCUT2D eigenvalue weighted by molar-refractivity contribution is 0.0668. The predicted molar refractivity (Wildman–Crippen MR) is 114 cm³/mol. The van der Waals surface area contributed by atoms with Crippen molar-refractivity contribution in [1.82, 2.24) is 20.1 Å². The van der Waals surface area contributed by atoms with Gasteiger partial charge in [-0.15, -0.1) is 10.2 Å². The van der Waals surface area contributed by atoms with Crippen molar-refractivity contribution in [3.05, 3.63) is 65.2 Å². The lowest BCUT2D eigenvalue weighted by atomic mass is 10.00. The van der Waals surface area contributed by atoms with Crippen LogP contribution in [0.5, 0.6) is 0 Å². The molecular formula is C22H25ClN4O2. The highest BCUT2D eigenvalue weighted by Crippen LogP contribution is 2.28. The molecule has 0 saturated heterocycles. The first kappa shape index (κ1) is 21.0. The molecule has 3 aromatic rings. The van der Waals surface area contributed by atoms with Crippen LogP contribution in [0.2, 0.25) is 5.02 Å². The molecule has 0 spiro atoms. The predicted octanol–water partition coefficient (Wildman–Crippen LogP) is 4.34. The van der Waals surface area contributed by atoms with E-state index in [2.05, 4.69) is 15.5 Å². The largest absolute Gasteiger partial charge is 0.382 e. The molecule has 0 atom stereocenters. The zero-order valence-corrected chi connectivity index (χ0v) is 17.9. The molecule has 0 aliphatic heterocycles. The van der Waals surface area contributed by atoms with E-state index < -0.39 is 5.60 Å². The Kier molecular flexibility index (Phi) is 5.52. The second kappa shape index (κ2) is 7.61. The molecule has 152 valence electrons. The van der Waals surface area contributed by atoms with Crippen LogP contribution < -0.4 is 5.32 Å². The van der Waals surface area contributed by atoms with E-state index in [9.17, 15) is 9.90 Å². The molecule has 0 unspecified atom stereocenters. The molecule has 3 rings (SSSR count). The van der Waals surface area contributed by atoms with Crippen molar-refractivity contribution in [1.29, 1.82) is 0 Å². The Morgan fingerprint density at radius 3 is 2.28 bits per heavy atom. The highest BCUT2D eigenvalue weighted by Gasteiger charge is 2.25. The van der Waals surface area contributed by atoms with Gasteiger partial charge < -0.3 is 10.4 Å². The molecule has 2 N–H and O–H groups in total. The van der Waals surface area contributed by atoms with Crippen molar-refractivity contribution >= 4 is 17.5 Å². The summed E-state index contributed by atoms with van der Waals surface area (Å²) < 4.78 is 1.69. The van der Waals surface area contributed by atoms with E-state index in [0.717, 1.165) is 11.1 Å². The molecule has 1 heterocycles. The average Bonchev–Trinajstić information content (AvgIpc) is 3.11. The first-order valence-electron chi connectivity index (χ1n) is 9.31. The number of aromatic nitrogens is 3. The molecule has 6 nitrogen and oxygen atoms in total. The average molecular weight is 413 g/mol. The topological polar surface area (TPSA) is 80.0 Å². The summed E-state index contributed by atoms with van der Waals surface area (Å²) in [5.74, 6) is 0.195. The lowest BCUT2D eigenvalue weighted by Crippen LogP contribution is -2.40. The van der Waals surface area contributed by atoms with E-state index in [4.69, 9.17) is 11.6 Å². The number of amides is 1. The lowest BCUT2D eigenvalue weighted by Gasteiger charge is -2.22. The van der Waals surface area contributed by atoms with Crippen molar-refractivity contribution in [2.75, 3.05) is 0 Å². The zero-order chi connectivity index (χ0) is 21.4. The van der Waals surface area contributed by atoms with Crippen LogP contribution in [0.4, 0.5) is 0 Å². The monoisotopic (exact) mass is 412 g/mol. The van der Waals surface area contributed by atoms with Crippen LogP contribution in [-0.2, 0) is 5.60 Å². The first-order valence-corrected chi connectivity index (χ1v) is 9.69.